The summed E-state index contributed by atoms with van der Waals surface area (Å²) < 4.78 is 0. The highest BCUT2D eigenvalue weighted by Gasteiger charge is 2.13. The highest BCUT2D eigenvalue weighted by atomic mass is 35.5. The van der Waals surface area contributed by atoms with Crippen molar-refractivity contribution >= 4 is 39.7 Å². The minimum atomic E-state index is -0.758. The molecule has 0 aromatic carbocycles. The van der Waals surface area contributed by atoms with Crippen LogP contribution in [-0.2, 0) is 9.59 Å². The molecule has 2 nitrogen and oxygen atoms in total. The number of carbonyl (C=O) groups excluding carboxylic acids is 2. The molecule has 0 N–H and O–H groups in total. The summed E-state index contributed by atoms with van der Waals surface area (Å²) in [5.41, 5.74) is 0.491. The topological polar surface area (TPSA) is 34.1 Å². The van der Waals surface area contributed by atoms with Crippen molar-refractivity contribution in [3.8, 4) is 0 Å². The Morgan fingerprint density at radius 3 is 2.67 bits per heavy atom. The molecule has 1 heterocycles. The van der Waals surface area contributed by atoms with Crippen molar-refractivity contribution in [1.29, 1.82) is 0 Å². The van der Waals surface area contributed by atoms with Gasteiger partial charge in [-0.15, -0.1) is 11.3 Å². The van der Waals surface area contributed by atoms with Gasteiger partial charge in [-0.2, -0.15) is 0 Å². The lowest BCUT2D eigenvalue weighted by atomic mass is 10.1. The van der Waals surface area contributed by atoms with Crippen molar-refractivity contribution in [3.63, 3.8) is 0 Å². The van der Waals surface area contributed by atoms with Gasteiger partial charge >= 0.3 is 0 Å². The van der Waals surface area contributed by atoms with Crippen LogP contribution < -0.4 is 0 Å². The first kappa shape index (κ1) is 9.20. The molecule has 0 saturated carbocycles. The van der Waals surface area contributed by atoms with Gasteiger partial charge in [-0.25, -0.2) is 4.79 Å². The Kier molecular flexibility index (Phi) is 2.82. The van der Waals surface area contributed by atoms with E-state index >= 15 is 0 Å². The van der Waals surface area contributed by atoms with Crippen molar-refractivity contribution in [2.24, 2.45) is 0 Å². The van der Waals surface area contributed by atoms with Crippen LogP contribution >= 0.6 is 22.9 Å². The molecule has 0 saturated heterocycles. The van der Waals surface area contributed by atoms with E-state index in [9.17, 15) is 9.59 Å². The van der Waals surface area contributed by atoms with Gasteiger partial charge in [0.25, 0.3) is 5.24 Å². The van der Waals surface area contributed by atoms with Crippen molar-refractivity contribution in [2.75, 3.05) is 0 Å². The number of allylic oxidation sites excluding steroid dienone is 1. The zero-order valence-corrected chi connectivity index (χ0v) is 7.83. The second-order valence-electron chi connectivity index (χ2n) is 2.14. The molecular formula is C8H5ClO2S. The van der Waals surface area contributed by atoms with E-state index in [0.717, 1.165) is 4.88 Å². The van der Waals surface area contributed by atoms with Gasteiger partial charge in [0.2, 0.25) is 0 Å². The van der Waals surface area contributed by atoms with E-state index in [0.29, 0.717) is 5.56 Å². The van der Waals surface area contributed by atoms with Crippen LogP contribution in [0.25, 0.3) is 5.57 Å². The average molecular weight is 201 g/mol. The van der Waals surface area contributed by atoms with Crippen LogP contribution in [0.15, 0.2) is 11.4 Å². The van der Waals surface area contributed by atoms with Crippen molar-refractivity contribution in [2.45, 2.75) is 6.92 Å². The fraction of sp³-hybridized carbons (Fsp3) is 0.125. The Bertz CT molecular complexity index is 361. The van der Waals surface area contributed by atoms with E-state index in [-0.39, 0.29) is 5.57 Å². The summed E-state index contributed by atoms with van der Waals surface area (Å²) in [4.78, 5) is 21.9. The third-order valence-electron chi connectivity index (χ3n) is 1.43. The van der Waals surface area contributed by atoms with Gasteiger partial charge < -0.3 is 0 Å². The van der Waals surface area contributed by atoms with E-state index in [1.807, 2.05) is 6.92 Å². The fourth-order valence-electron chi connectivity index (χ4n) is 0.845. The van der Waals surface area contributed by atoms with Crippen LogP contribution in [0.1, 0.15) is 10.4 Å². The van der Waals surface area contributed by atoms with E-state index in [2.05, 4.69) is 0 Å². The van der Waals surface area contributed by atoms with Crippen LogP contribution in [0.5, 0.6) is 0 Å². The van der Waals surface area contributed by atoms with E-state index in [4.69, 9.17) is 11.6 Å². The Balaban J connectivity index is 3.22. The molecule has 62 valence electrons. The van der Waals surface area contributed by atoms with E-state index < -0.39 is 5.24 Å². The van der Waals surface area contributed by atoms with Gasteiger partial charge in [0.05, 0.1) is 0 Å². The zero-order chi connectivity index (χ0) is 9.14. The molecule has 0 aliphatic carbocycles. The molecular weight excluding hydrogens is 196 g/mol. The van der Waals surface area contributed by atoms with Crippen molar-refractivity contribution in [3.05, 3.63) is 21.9 Å². The number of hydrogen-bond acceptors (Lipinski definition) is 3. The van der Waals surface area contributed by atoms with Crippen LogP contribution in [0.4, 0.5) is 0 Å². The van der Waals surface area contributed by atoms with Gasteiger partial charge in [0.15, 0.2) is 0 Å². The first-order valence-electron chi connectivity index (χ1n) is 3.16. The number of carbonyl (C=O) groups is 1. The van der Waals surface area contributed by atoms with Gasteiger partial charge in [-0.1, -0.05) is 0 Å². The van der Waals surface area contributed by atoms with Crippen LogP contribution in [0.2, 0.25) is 0 Å². The second-order valence-corrected chi connectivity index (χ2v) is 3.60. The molecule has 1 aromatic rings. The molecule has 1 rings (SSSR count). The Labute approximate surface area is 78.5 Å². The maximum atomic E-state index is 10.7. The molecule has 0 radical (unpaired) electrons. The molecule has 0 amide bonds. The molecule has 0 bridgehead atoms. The average Bonchev–Trinajstić information content (AvgIpc) is 2.38. The largest absolute Gasteiger partial charge is 0.275 e. The second kappa shape index (κ2) is 3.68. The van der Waals surface area contributed by atoms with E-state index in [1.54, 1.807) is 11.4 Å². The molecule has 4 heteroatoms. The standard InChI is InChI=1S/C8H5ClO2S/c1-5-6(2-3-12-5)7(4-10)8(9)11/h2-3H,1H3. The quantitative estimate of drug-likeness (QED) is 0.416. The summed E-state index contributed by atoms with van der Waals surface area (Å²) in [7, 11) is 0. The smallest absolute Gasteiger partial charge is 0.264 e. The summed E-state index contributed by atoms with van der Waals surface area (Å²) in [6.07, 6.45) is 0. The summed E-state index contributed by atoms with van der Waals surface area (Å²) in [5.74, 6) is 1.54. The summed E-state index contributed by atoms with van der Waals surface area (Å²) >= 11 is 6.63. The van der Waals surface area contributed by atoms with E-state index in [1.165, 1.54) is 17.3 Å². The lowest BCUT2D eigenvalue weighted by Gasteiger charge is -1.93. The molecule has 0 aliphatic heterocycles. The number of rotatable bonds is 2. The maximum absolute atomic E-state index is 10.7. The molecule has 12 heavy (non-hydrogen) atoms. The molecule has 0 unspecified atom stereocenters. The third-order valence-corrected chi connectivity index (χ3v) is 2.46. The van der Waals surface area contributed by atoms with Gasteiger partial charge in [-0.3, -0.25) is 4.79 Å². The molecule has 0 aliphatic rings. The summed E-state index contributed by atoms with van der Waals surface area (Å²) in [6, 6.07) is 1.68. The lowest BCUT2D eigenvalue weighted by Crippen LogP contribution is -1.93. The molecule has 0 atom stereocenters. The highest BCUT2D eigenvalue weighted by molar-refractivity contribution is 7.10. The molecule has 1 aromatic heterocycles. The van der Waals surface area contributed by atoms with Crippen LogP contribution in [0.3, 0.4) is 0 Å². The predicted molar refractivity (Wildman–Crippen MR) is 49.0 cm³/mol. The Hall–Kier alpha value is -0.890. The zero-order valence-electron chi connectivity index (χ0n) is 6.26. The highest BCUT2D eigenvalue weighted by Crippen LogP contribution is 2.23. The van der Waals surface area contributed by atoms with Gasteiger partial charge in [0.1, 0.15) is 11.5 Å². The number of thiophene rings is 1. The predicted octanol–water partition coefficient (Wildman–Crippen LogP) is 2.04. The first-order chi connectivity index (χ1) is 5.66. The number of halogens is 1. The lowest BCUT2D eigenvalue weighted by molar-refractivity contribution is -0.106. The van der Waals surface area contributed by atoms with Gasteiger partial charge in [0, 0.05) is 10.4 Å². The SMILES string of the molecule is Cc1sccc1C(=C=O)C(=O)Cl. The monoisotopic (exact) mass is 200 g/mol. The Morgan fingerprint density at radius 2 is 2.33 bits per heavy atom. The van der Waals surface area contributed by atoms with Gasteiger partial charge in [-0.05, 0) is 30.0 Å². The number of aryl methyl sites for hydroxylation is 1. The van der Waals surface area contributed by atoms with Crippen molar-refractivity contribution in [1.82, 2.24) is 0 Å². The normalized spacial score (nSPS) is 9.17. The minimum Gasteiger partial charge on any atom is -0.275 e. The van der Waals surface area contributed by atoms with Crippen molar-refractivity contribution < 1.29 is 9.59 Å². The molecule has 0 spiro atoms. The first-order valence-corrected chi connectivity index (χ1v) is 4.42. The third kappa shape index (κ3) is 1.64. The minimum absolute atomic E-state index is 0.0876. The summed E-state index contributed by atoms with van der Waals surface area (Å²) in [5, 5.41) is 1.04. The maximum Gasteiger partial charge on any atom is 0.264 e. The van der Waals surface area contributed by atoms with Crippen LogP contribution in [-0.4, -0.2) is 11.2 Å². The number of hydrogen-bond donors (Lipinski definition) is 0. The molecule has 0 fully saturated rings. The Morgan fingerprint density at radius 1 is 1.67 bits per heavy atom. The fourth-order valence-corrected chi connectivity index (χ4v) is 1.69. The van der Waals surface area contributed by atoms with Crippen LogP contribution in [0, 0.1) is 6.92 Å². The summed E-state index contributed by atoms with van der Waals surface area (Å²) in [6.45, 7) is 1.82.